The van der Waals surface area contributed by atoms with E-state index in [0.717, 1.165) is 35.0 Å². The minimum absolute atomic E-state index is 0.0409. The molecule has 0 saturated heterocycles. The van der Waals surface area contributed by atoms with E-state index in [9.17, 15) is 0 Å². The summed E-state index contributed by atoms with van der Waals surface area (Å²) in [5.74, 6) is 0.852. The van der Waals surface area contributed by atoms with E-state index in [1.165, 1.54) is 0 Å². The van der Waals surface area contributed by atoms with Crippen LogP contribution in [-0.4, -0.2) is 25.4 Å². The molecule has 2 N–H and O–H groups in total. The SMILES string of the molecule is CCOC(CC)(CC)C(N)Cc1cc(OC)ccc1Br. The van der Waals surface area contributed by atoms with Crippen molar-refractivity contribution >= 4 is 15.9 Å². The lowest BCUT2D eigenvalue weighted by atomic mass is 9.85. The van der Waals surface area contributed by atoms with Gasteiger partial charge in [0.25, 0.3) is 0 Å². The predicted molar refractivity (Wildman–Crippen MR) is 87.3 cm³/mol. The summed E-state index contributed by atoms with van der Waals surface area (Å²) < 4.78 is 12.3. The summed E-state index contributed by atoms with van der Waals surface area (Å²) in [7, 11) is 1.68. The number of halogens is 1. The normalized spacial score (nSPS) is 13.3. The van der Waals surface area contributed by atoms with Gasteiger partial charge in [0.1, 0.15) is 5.75 Å². The summed E-state index contributed by atoms with van der Waals surface area (Å²) in [4.78, 5) is 0. The summed E-state index contributed by atoms with van der Waals surface area (Å²) in [6.07, 6.45) is 2.60. The number of methoxy groups -OCH3 is 1. The first-order chi connectivity index (χ1) is 9.52. The van der Waals surface area contributed by atoms with Crippen LogP contribution in [0.1, 0.15) is 39.2 Å². The molecule has 3 nitrogen and oxygen atoms in total. The Morgan fingerprint density at radius 1 is 1.25 bits per heavy atom. The van der Waals surface area contributed by atoms with Crippen LogP contribution in [0.25, 0.3) is 0 Å². The lowest BCUT2D eigenvalue weighted by Gasteiger charge is -2.37. The topological polar surface area (TPSA) is 44.5 Å². The molecule has 0 aliphatic heterocycles. The fraction of sp³-hybridized carbons (Fsp3) is 0.625. The highest BCUT2D eigenvalue weighted by Gasteiger charge is 2.34. The third-order valence-electron chi connectivity index (χ3n) is 4.00. The van der Waals surface area contributed by atoms with Gasteiger partial charge in [0.05, 0.1) is 12.7 Å². The molecular formula is C16H26BrNO2. The maximum atomic E-state index is 6.47. The van der Waals surface area contributed by atoms with Crippen LogP contribution in [0.15, 0.2) is 22.7 Å². The zero-order valence-corrected chi connectivity index (χ0v) is 14.5. The maximum Gasteiger partial charge on any atom is 0.119 e. The molecule has 1 aromatic carbocycles. The van der Waals surface area contributed by atoms with Crippen molar-refractivity contribution in [1.29, 1.82) is 0 Å². The summed E-state index contributed by atoms with van der Waals surface area (Å²) in [6.45, 7) is 6.99. The molecule has 0 aliphatic rings. The Hall–Kier alpha value is -0.580. The maximum absolute atomic E-state index is 6.47. The molecule has 1 aromatic rings. The minimum atomic E-state index is -0.253. The summed E-state index contributed by atoms with van der Waals surface area (Å²) in [6, 6.07) is 5.93. The van der Waals surface area contributed by atoms with E-state index in [2.05, 4.69) is 29.8 Å². The van der Waals surface area contributed by atoms with Crippen LogP contribution in [0.5, 0.6) is 5.75 Å². The first-order valence-electron chi connectivity index (χ1n) is 7.24. The van der Waals surface area contributed by atoms with Crippen LogP contribution >= 0.6 is 15.9 Å². The van der Waals surface area contributed by atoms with Crippen LogP contribution < -0.4 is 10.5 Å². The van der Waals surface area contributed by atoms with Gasteiger partial charge in [-0.2, -0.15) is 0 Å². The molecule has 0 amide bonds. The van der Waals surface area contributed by atoms with Crippen LogP contribution in [0.2, 0.25) is 0 Å². The van der Waals surface area contributed by atoms with Crippen molar-refractivity contribution in [2.24, 2.45) is 5.73 Å². The predicted octanol–water partition coefficient (Wildman–Crippen LogP) is 3.92. The number of benzene rings is 1. The largest absolute Gasteiger partial charge is 0.497 e. The Morgan fingerprint density at radius 2 is 1.90 bits per heavy atom. The summed E-state index contributed by atoms with van der Waals surface area (Å²) in [5.41, 5.74) is 7.37. The minimum Gasteiger partial charge on any atom is -0.497 e. The van der Waals surface area contributed by atoms with E-state index in [-0.39, 0.29) is 11.6 Å². The highest BCUT2D eigenvalue weighted by Crippen LogP contribution is 2.29. The molecule has 0 radical (unpaired) electrons. The van der Waals surface area contributed by atoms with Gasteiger partial charge in [0, 0.05) is 17.1 Å². The van der Waals surface area contributed by atoms with Crippen molar-refractivity contribution < 1.29 is 9.47 Å². The van der Waals surface area contributed by atoms with Gasteiger partial charge in [-0.05, 0) is 49.9 Å². The van der Waals surface area contributed by atoms with Crippen molar-refractivity contribution in [2.45, 2.75) is 51.7 Å². The average Bonchev–Trinajstić information content (AvgIpc) is 2.47. The molecule has 1 unspecified atom stereocenters. The van der Waals surface area contributed by atoms with Crippen molar-refractivity contribution in [3.8, 4) is 5.75 Å². The molecule has 0 aromatic heterocycles. The Kier molecular flexibility index (Phi) is 7.00. The van der Waals surface area contributed by atoms with Crippen LogP contribution in [0.3, 0.4) is 0 Å². The van der Waals surface area contributed by atoms with E-state index in [4.69, 9.17) is 15.2 Å². The number of rotatable bonds is 8. The van der Waals surface area contributed by atoms with E-state index in [1.54, 1.807) is 7.11 Å². The second-order valence-electron chi connectivity index (χ2n) is 4.97. The van der Waals surface area contributed by atoms with Crippen molar-refractivity contribution in [2.75, 3.05) is 13.7 Å². The van der Waals surface area contributed by atoms with Gasteiger partial charge in [-0.1, -0.05) is 29.8 Å². The molecule has 0 bridgehead atoms. The van der Waals surface area contributed by atoms with Crippen LogP contribution in [-0.2, 0) is 11.2 Å². The van der Waals surface area contributed by atoms with Crippen molar-refractivity contribution in [1.82, 2.24) is 0 Å². The van der Waals surface area contributed by atoms with Gasteiger partial charge < -0.3 is 15.2 Å². The van der Waals surface area contributed by atoms with E-state index >= 15 is 0 Å². The monoisotopic (exact) mass is 343 g/mol. The zero-order chi connectivity index (χ0) is 15.2. The number of hydrogen-bond donors (Lipinski definition) is 1. The summed E-state index contributed by atoms with van der Waals surface area (Å²) in [5, 5.41) is 0. The molecule has 1 atom stereocenters. The Morgan fingerprint density at radius 3 is 2.40 bits per heavy atom. The molecule has 0 heterocycles. The summed E-state index contributed by atoms with van der Waals surface area (Å²) >= 11 is 3.59. The van der Waals surface area contributed by atoms with Crippen LogP contribution in [0, 0.1) is 0 Å². The van der Waals surface area contributed by atoms with Gasteiger partial charge in [-0.15, -0.1) is 0 Å². The number of ether oxygens (including phenoxy) is 2. The average molecular weight is 344 g/mol. The second-order valence-corrected chi connectivity index (χ2v) is 5.83. The van der Waals surface area contributed by atoms with Gasteiger partial charge in [0.2, 0.25) is 0 Å². The lowest BCUT2D eigenvalue weighted by Crippen LogP contribution is -2.50. The van der Waals surface area contributed by atoms with Gasteiger partial charge in [0.15, 0.2) is 0 Å². The highest BCUT2D eigenvalue weighted by atomic mass is 79.9. The quantitative estimate of drug-likeness (QED) is 0.777. The first kappa shape index (κ1) is 17.5. The molecule has 4 heteroatoms. The molecular weight excluding hydrogens is 318 g/mol. The molecule has 0 spiro atoms. The smallest absolute Gasteiger partial charge is 0.119 e. The van der Waals surface area contributed by atoms with Crippen molar-refractivity contribution in [3.05, 3.63) is 28.2 Å². The van der Waals surface area contributed by atoms with E-state index < -0.39 is 0 Å². The zero-order valence-electron chi connectivity index (χ0n) is 12.9. The Balaban J connectivity index is 2.95. The van der Waals surface area contributed by atoms with Gasteiger partial charge in [-0.25, -0.2) is 0 Å². The third kappa shape index (κ3) is 3.96. The van der Waals surface area contributed by atoms with Crippen molar-refractivity contribution in [3.63, 3.8) is 0 Å². The van der Waals surface area contributed by atoms with Gasteiger partial charge >= 0.3 is 0 Å². The first-order valence-corrected chi connectivity index (χ1v) is 8.04. The standard InChI is InChI=1S/C16H26BrNO2/c1-5-16(6-2,20-7-3)15(18)11-12-10-13(19-4)8-9-14(12)17/h8-10,15H,5-7,11,18H2,1-4H3. The highest BCUT2D eigenvalue weighted by molar-refractivity contribution is 9.10. The molecule has 1 rings (SSSR count). The number of nitrogens with two attached hydrogens (primary N) is 1. The molecule has 0 saturated carbocycles. The van der Waals surface area contributed by atoms with Crippen LogP contribution in [0.4, 0.5) is 0 Å². The second kappa shape index (κ2) is 8.01. The molecule has 0 aliphatic carbocycles. The fourth-order valence-corrected chi connectivity index (χ4v) is 3.04. The Bertz CT molecular complexity index is 419. The number of hydrogen-bond acceptors (Lipinski definition) is 3. The van der Waals surface area contributed by atoms with E-state index in [0.29, 0.717) is 6.61 Å². The lowest BCUT2D eigenvalue weighted by molar-refractivity contribution is -0.0633. The van der Waals surface area contributed by atoms with Gasteiger partial charge in [-0.3, -0.25) is 0 Å². The fourth-order valence-electron chi connectivity index (χ4n) is 2.63. The molecule has 20 heavy (non-hydrogen) atoms. The molecule has 0 fully saturated rings. The molecule has 114 valence electrons. The third-order valence-corrected chi connectivity index (χ3v) is 4.77. The van der Waals surface area contributed by atoms with E-state index in [1.807, 2.05) is 25.1 Å². The Labute approximate surface area is 131 Å².